The molecule has 2 atom stereocenters. The van der Waals surface area contributed by atoms with Gasteiger partial charge in [-0.2, -0.15) is 0 Å². The Morgan fingerprint density at radius 1 is 1.71 bits per heavy atom. The van der Waals surface area contributed by atoms with E-state index >= 15 is 0 Å². The maximum absolute atomic E-state index is 12.1. The molecule has 0 aromatic rings. The van der Waals surface area contributed by atoms with Gasteiger partial charge in [-0.1, -0.05) is 0 Å². The number of carbonyl (C=O) groups is 1. The molecule has 0 radical (unpaired) electrons. The second-order valence-electron chi connectivity index (χ2n) is 4.45. The van der Waals surface area contributed by atoms with Crippen LogP contribution in [0.5, 0.6) is 0 Å². The van der Waals surface area contributed by atoms with Crippen molar-refractivity contribution in [2.45, 2.75) is 39.3 Å². The molecule has 1 amide bonds. The Bertz CT molecular complexity index is 328. The molecule has 1 fully saturated rings. The van der Waals surface area contributed by atoms with Crippen molar-refractivity contribution in [3.63, 3.8) is 0 Å². The summed E-state index contributed by atoms with van der Waals surface area (Å²) in [4.78, 5) is 13.7. The van der Waals surface area contributed by atoms with Crippen molar-refractivity contribution in [3.8, 4) is 0 Å². The van der Waals surface area contributed by atoms with Gasteiger partial charge in [0.2, 0.25) is 0 Å². The molecule has 4 nitrogen and oxygen atoms in total. The van der Waals surface area contributed by atoms with E-state index in [1.807, 2.05) is 6.92 Å². The average Bonchev–Trinajstić information content (AvgIpc) is 2.60. The van der Waals surface area contributed by atoms with E-state index in [9.17, 15) is 9.90 Å². The average molecular weight is 304 g/mol. The standard InChI is InChI=1S/C12H19NO3Se/c1-4-5-9(14)6-11(15)13-10(8(2)3)7-16-12(13)17/h4-5,8-10,14H,6-7H2,1-3H3/b5-4+/t9-,10+/m0/s1. The van der Waals surface area contributed by atoms with E-state index in [1.54, 1.807) is 17.1 Å². The Kier molecular flexibility index (Phi) is 5.37. The second kappa shape index (κ2) is 6.33. The van der Waals surface area contributed by atoms with Crippen LogP contribution >= 0.6 is 0 Å². The normalized spacial score (nSPS) is 22.3. The number of rotatable bonds is 4. The predicted octanol–water partition coefficient (Wildman–Crippen LogP) is 0.453. The summed E-state index contributed by atoms with van der Waals surface area (Å²) in [6, 6.07) is 0.0524. The quantitative estimate of drug-likeness (QED) is 0.606. The van der Waals surface area contributed by atoms with E-state index in [2.05, 4.69) is 29.4 Å². The molecular formula is C12H19NO3Se. The van der Waals surface area contributed by atoms with Crippen molar-refractivity contribution >= 4 is 26.2 Å². The van der Waals surface area contributed by atoms with Crippen LogP contribution in [0, 0.1) is 5.92 Å². The van der Waals surface area contributed by atoms with Crippen LogP contribution in [0.25, 0.3) is 0 Å². The molecule has 0 spiro atoms. The molecule has 1 saturated heterocycles. The summed E-state index contributed by atoms with van der Waals surface area (Å²) in [6.45, 7) is 6.44. The monoisotopic (exact) mass is 305 g/mol. The molecule has 1 aliphatic rings. The van der Waals surface area contributed by atoms with Crippen molar-refractivity contribution in [1.29, 1.82) is 0 Å². The summed E-state index contributed by atoms with van der Waals surface area (Å²) in [7, 11) is 0. The van der Waals surface area contributed by atoms with Crippen LogP contribution in [-0.4, -0.2) is 55.0 Å². The zero-order valence-electron chi connectivity index (χ0n) is 10.4. The Morgan fingerprint density at radius 3 is 2.88 bits per heavy atom. The minimum absolute atomic E-state index is 0.0524. The van der Waals surface area contributed by atoms with Gasteiger partial charge < -0.3 is 0 Å². The summed E-state index contributed by atoms with van der Waals surface area (Å²) in [5.74, 6) is 0.212. The molecule has 96 valence electrons. The molecule has 5 heteroatoms. The topological polar surface area (TPSA) is 49.8 Å². The number of nitrogens with zero attached hydrogens (tertiary/aromatic N) is 1. The van der Waals surface area contributed by atoms with Gasteiger partial charge in [0, 0.05) is 0 Å². The van der Waals surface area contributed by atoms with E-state index < -0.39 is 6.10 Å². The van der Waals surface area contributed by atoms with Crippen LogP contribution in [0.15, 0.2) is 12.2 Å². The SMILES string of the molecule is C/C=C/[C@H](O)CC(=O)N1C(=[Se])OC[C@@H]1C(C)C. The predicted molar refractivity (Wildman–Crippen MR) is 67.6 cm³/mol. The summed E-state index contributed by atoms with van der Waals surface area (Å²) < 4.78 is 5.88. The number of aliphatic hydroxyl groups excluding tert-OH is 1. The van der Waals surface area contributed by atoms with Crippen LogP contribution in [0.2, 0.25) is 0 Å². The third-order valence-corrected chi connectivity index (χ3v) is 3.40. The summed E-state index contributed by atoms with van der Waals surface area (Å²) in [5.41, 5.74) is 0. The number of aliphatic hydroxyl groups is 1. The van der Waals surface area contributed by atoms with E-state index in [-0.39, 0.29) is 18.4 Å². The van der Waals surface area contributed by atoms with Crippen LogP contribution in [0.3, 0.4) is 0 Å². The number of amides is 1. The Morgan fingerprint density at radius 2 is 2.35 bits per heavy atom. The minimum atomic E-state index is -0.728. The van der Waals surface area contributed by atoms with E-state index in [1.165, 1.54) is 0 Å². The molecule has 0 aliphatic carbocycles. The zero-order valence-corrected chi connectivity index (χ0v) is 12.1. The molecule has 0 unspecified atom stereocenters. The van der Waals surface area contributed by atoms with Gasteiger partial charge in [0.15, 0.2) is 0 Å². The Labute approximate surface area is 110 Å². The number of hydrogen-bond donors (Lipinski definition) is 1. The van der Waals surface area contributed by atoms with Crippen LogP contribution in [0.4, 0.5) is 0 Å². The van der Waals surface area contributed by atoms with Gasteiger partial charge in [0.1, 0.15) is 0 Å². The van der Waals surface area contributed by atoms with Crippen molar-refractivity contribution < 1.29 is 14.6 Å². The van der Waals surface area contributed by atoms with Gasteiger partial charge in [-0.25, -0.2) is 0 Å². The fraction of sp³-hybridized carbons (Fsp3) is 0.667. The van der Waals surface area contributed by atoms with E-state index in [0.29, 0.717) is 17.3 Å². The number of hydrogen-bond acceptors (Lipinski definition) is 3. The van der Waals surface area contributed by atoms with Gasteiger partial charge in [-0.05, 0) is 0 Å². The first kappa shape index (κ1) is 14.4. The van der Waals surface area contributed by atoms with Crippen molar-refractivity contribution in [2.75, 3.05) is 6.61 Å². The van der Waals surface area contributed by atoms with Gasteiger partial charge in [-0.15, -0.1) is 0 Å². The molecule has 1 aliphatic heterocycles. The Balaban J connectivity index is 2.69. The van der Waals surface area contributed by atoms with Gasteiger partial charge >= 0.3 is 110 Å². The Hall–Kier alpha value is -0.641. The first-order valence-electron chi connectivity index (χ1n) is 5.77. The summed E-state index contributed by atoms with van der Waals surface area (Å²) >= 11 is 2.76. The van der Waals surface area contributed by atoms with E-state index in [0.717, 1.165) is 0 Å². The molecule has 17 heavy (non-hydrogen) atoms. The van der Waals surface area contributed by atoms with Gasteiger partial charge in [0.25, 0.3) is 0 Å². The number of ether oxygens (including phenoxy) is 1. The van der Waals surface area contributed by atoms with Crippen LogP contribution in [0.1, 0.15) is 27.2 Å². The number of allylic oxidation sites excluding steroid dienone is 1. The van der Waals surface area contributed by atoms with Crippen molar-refractivity contribution in [2.24, 2.45) is 5.92 Å². The fourth-order valence-electron chi connectivity index (χ4n) is 1.78. The first-order valence-corrected chi connectivity index (χ1v) is 6.62. The maximum atomic E-state index is 12.1. The molecule has 1 N–H and O–H groups in total. The molecule has 1 heterocycles. The molecule has 0 saturated carbocycles. The number of carbonyl (C=O) groups excluding carboxylic acids is 1. The summed E-state index contributed by atoms with van der Waals surface area (Å²) in [6.07, 6.45) is 2.70. The third kappa shape index (κ3) is 3.66. The van der Waals surface area contributed by atoms with Crippen LogP contribution < -0.4 is 0 Å². The van der Waals surface area contributed by atoms with Gasteiger partial charge in [0.05, 0.1) is 0 Å². The van der Waals surface area contributed by atoms with E-state index in [4.69, 9.17) is 4.74 Å². The molecule has 0 bridgehead atoms. The summed E-state index contributed by atoms with van der Waals surface area (Å²) in [5, 5.41) is 9.60. The van der Waals surface area contributed by atoms with Crippen LogP contribution in [-0.2, 0) is 9.53 Å². The van der Waals surface area contributed by atoms with Crippen molar-refractivity contribution in [3.05, 3.63) is 12.2 Å². The second-order valence-corrected chi connectivity index (χ2v) is 5.18. The molecular weight excluding hydrogens is 285 g/mol. The van der Waals surface area contributed by atoms with Gasteiger partial charge in [-0.3, -0.25) is 0 Å². The third-order valence-electron chi connectivity index (χ3n) is 2.74. The van der Waals surface area contributed by atoms with Crippen molar-refractivity contribution in [1.82, 2.24) is 4.90 Å². The molecule has 0 aromatic carbocycles. The molecule has 0 aromatic heterocycles. The first-order chi connectivity index (χ1) is 7.97. The zero-order chi connectivity index (χ0) is 13.0. The molecule has 1 rings (SSSR count). The fourth-order valence-corrected chi connectivity index (χ4v) is 2.42.